The van der Waals surface area contributed by atoms with Gasteiger partial charge in [0.05, 0.1) is 5.56 Å². The Hall–Kier alpha value is -2.88. The summed E-state index contributed by atoms with van der Waals surface area (Å²) in [5.41, 5.74) is 1.78. The summed E-state index contributed by atoms with van der Waals surface area (Å²) in [7, 11) is 0. The summed E-state index contributed by atoms with van der Waals surface area (Å²) in [6.07, 6.45) is -2.06. The van der Waals surface area contributed by atoms with Crippen LogP contribution >= 0.6 is 11.6 Å². The van der Waals surface area contributed by atoms with Crippen LogP contribution in [0, 0.1) is 6.92 Å². The molecule has 0 saturated carbocycles. The summed E-state index contributed by atoms with van der Waals surface area (Å²) in [5, 5.41) is 19.9. The molecule has 158 valence electrons. The van der Waals surface area contributed by atoms with Crippen molar-refractivity contribution in [1.29, 1.82) is 0 Å². The molecule has 0 bridgehead atoms. The number of hydrogen-bond donors (Lipinski definition) is 3. The lowest BCUT2D eigenvalue weighted by Crippen LogP contribution is -2.28. The third-order valence-electron chi connectivity index (χ3n) is 4.25. The second-order valence-corrected chi connectivity index (χ2v) is 6.37. The van der Waals surface area contributed by atoms with Crippen molar-refractivity contribution in [1.82, 2.24) is 14.6 Å². The predicted octanol–water partition coefficient (Wildman–Crippen LogP) is 4.03. The highest BCUT2D eigenvalue weighted by Gasteiger charge is 2.34. The molecule has 2 aromatic rings. The zero-order valence-corrected chi connectivity index (χ0v) is 16.6. The number of aromatic hydroxyl groups is 2. The number of carbonyl (C=O) groups excluding carboxylic acids is 1. The van der Waals surface area contributed by atoms with Crippen molar-refractivity contribution < 1.29 is 28.2 Å². The number of alkyl halides is 3. The van der Waals surface area contributed by atoms with E-state index in [4.69, 9.17) is 11.6 Å². The molecule has 0 unspecified atom stereocenters. The van der Waals surface area contributed by atoms with Crippen LogP contribution < -0.4 is 5.43 Å². The van der Waals surface area contributed by atoms with E-state index in [0.717, 1.165) is 16.8 Å². The van der Waals surface area contributed by atoms with E-state index in [2.05, 4.69) is 10.4 Å². The molecule has 2 rings (SSSR count). The fourth-order valence-electron chi connectivity index (χ4n) is 2.60. The van der Waals surface area contributed by atoms with E-state index in [1.807, 2.05) is 13.8 Å². The number of hydrogen-bond acceptors (Lipinski definition) is 5. The van der Waals surface area contributed by atoms with Gasteiger partial charge in [-0.3, -0.25) is 10.2 Å². The lowest BCUT2D eigenvalue weighted by atomic mass is 10.2. The second kappa shape index (κ2) is 8.64. The van der Waals surface area contributed by atoms with Gasteiger partial charge in [-0.2, -0.15) is 17.8 Å². The third-order valence-corrected chi connectivity index (χ3v) is 4.54. The van der Waals surface area contributed by atoms with Crippen LogP contribution in [0.5, 0.6) is 11.8 Å². The number of nitrogens with one attached hydrogen (secondary N) is 1. The topological polar surface area (TPSA) is 90.6 Å². The van der Waals surface area contributed by atoms with Crippen molar-refractivity contribution in [2.24, 2.45) is 0 Å². The predicted molar refractivity (Wildman–Crippen MR) is 103 cm³/mol. The van der Waals surface area contributed by atoms with Gasteiger partial charge in [0.2, 0.25) is 17.7 Å². The first-order valence-electron chi connectivity index (χ1n) is 8.62. The van der Waals surface area contributed by atoms with Crippen LogP contribution in [0.15, 0.2) is 18.2 Å². The van der Waals surface area contributed by atoms with Crippen LogP contribution in [0.4, 0.5) is 19.0 Å². The van der Waals surface area contributed by atoms with Crippen LogP contribution in [-0.4, -0.2) is 43.8 Å². The fraction of sp³-hybridized carbons (Fsp3) is 0.333. The van der Waals surface area contributed by atoms with Gasteiger partial charge in [-0.25, -0.2) is 4.98 Å². The number of anilines is 1. The van der Waals surface area contributed by atoms with Gasteiger partial charge in [0, 0.05) is 30.3 Å². The molecule has 2 heterocycles. The quantitative estimate of drug-likeness (QED) is 0.473. The van der Waals surface area contributed by atoms with Crippen LogP contribution in [-0.2, 0) is 11.0 Å². The number of pyridine rings is 1. The molecule has 0 aliphatic rings. The smallest absolute Gasteiger partial charge is 0.419 e. The number of carbonyl (C=O) groups is 1. The van der Waals surface area contributed by atoms with Crippen molar-refractivity contribution in [2.75, 3.05) is 18.5 Å². The van der Waals surface area contributed by atoms with E-state index in [9.17, 15) is 28.2 Å². The molecule has 29 heavy (non-hydrogen) atoms. The van der Waals surface area contributed by atoms with E-state index in [0.29, 0.717) is 13.1 Å². The third kappa shape index (κ3) is 4.76. The van der Waals surface area contributed by atoms with Crippen LogP contribution in [0.3, 0.4) is 0 Å². The molecule has 0 fully saturated rings. The average Bonchev–Trinajstić information content (AvgIpc) is 2.83. The summed E-state index contributed by atoms with van der Waals surface area (Å²) in [6.45, 7) is 6.18. The molecule has 7 nitrogen and oxygen atoms in total. The Morgan fingerprint density at radius 1 is 1.28 bits per heavy atom. The second-order valence-electron chi connectivity index (χ2n) is 6.01. The minimum Gasteiger partial charge on any atom is -0.493 e. The number of amides is 1. The van der Waals surface area contributed by atoms with Crippen molar-refractivity contribution in [3.63, 3.8) is 0 Å². The molecule has 0 atom stereocenters. The van der Waals surface area contributed by atoms with Gasteiger partial charge >= 0.3 is 6.18 Å². The minimum absolute atomic E-state index is 0.140. The van der Waals surface area contributed by atoms with Gasteiger partial charge in [-0.05, 0) is 39.0 Å². The molecule has 0 aromatic carbocycles. The maximum absolute atomic E-state index is 12.8. The Labute approximate surface area is 170 Å². The van der Waals surface area contributed by atoms with Crippen LogP contribution in [0.1, 0.15) is 30.5 Å². The Bertz CT molecular complexity index is 937. The maximum atomic E-state index is 12.8. The van der Waals surface area contributed by atoms with E-state index < -0.39 is 28.7 Å². The van der Waals surface area contributed by atoms with Gasteiger partial charge in [0.15, 0.2) is 0 Å². The first-order chi connectivity index (χ1) is 13.5. The maximum Gasteiger partial charge on any atom is 0.419 e. The Morgan fingerprint density at radius 3 is 2.41 bits per heavy atom. The Morgan fingerprint density at radius 2 is 1.90 bits per heavy atom. The largest absolute Gasteiger partial charge is 0.493 e. The summed E-state index contributed by atoms with van der Waals surface area (Å²) in [4.78, 5) is 17.2. The zero-order valence-electron chi connectivity index (χ0n) is 15.9. The lowest BCUT2D eigenvalue weighted by Gasteiger charge is -2.15. The van der Waals surface area contributed by atoms with E-state index in [1.165, 1.54) is 19.1 Å². The first kappa shape index (κ1) is 22.4. The van der Waals surface area contributed by atoms with Crippen molar-refractivity contribution in [2.45, 2.75) is 26.9 Å². The number of aromatic nitrogens is 2. The Balaban J connectivity index is 2.33. The highest BCUT2D eigenvalue weighted by molar-refractivity contribution is 6.30. The number of nitrogens with zero attached hydrogens (tertiary/aromatic N) is 3. The van der Waals surface area contributed by atoms with Crippen molar-refractivity contribution in [3.8, 4) is 11.8 Å². The SMILES string of the molecule is CCN(CC)C(=O)/C=C/c1c(C)c(O)n(Nc2ccc(C(F)(F)F)c(Cl)n2)c1O. The molecule has 0 aliphatic heterocycles. The van der Waals surface area contributed by atoms with Gasteiger partial charge in [-0.15, -0.1) is 0 Å². The monoisotopic (exact) mass is 432 g/mol. The molecule has 0 spiro atoms. The summed E-state index contributed by atoms with van der Waals surface area (Å²) in [6, 6.07) is 1.73. The molecule has 2 aromatic heterocycles. The Kier molecular flexibility index (Phi) is 6.68. The number of rotatable bonds is 6. The van der Waals surface area contributed by atoms with Crippen molar-refractivity contribution >= 4 is 29.4 Å². The molecule has 11 heteroatoms. The number of likely N-dealkylation sites (N-methyl/N-ethyl adjacent to an activating group) is 1. The normalized spacial score (nSPS) is 11.8. The van der Waals surface area contributed by atoms with Gasteiger partial charge in [0.25, 0.3) is 0 Å². The lowest BCUT2D eigenvalue weighted by molar-refractivity contribution is -0.137. The van der Waals surface area contributed by atoms with Crippen LogP contribution in [0.25, 0.3) is 6.08 Å². The van der Waals surface area contributed by atoms with Gasteiger partial charge in [0.1, 0.15) is 11.0 Å². The van der Waals surface area contributed by atoms with E-state index in [1.54, 1.807) is 4.90 Å². The molecular formula is C18H20ClF3N4O3. The zero-order chi connectivity index (χ0) is 21.9. The standard InChI is InChI=1S/C18H20ClF3N4O3/c1-4-25(5-2)14(27)9-6-11-10(3)16(28)26(17(11)29)24-13-8-7-12(15(19)23-13)18(20,21)22/h6-9,28-29H,4-5H2,1-3H3,(H,23,24)/b9-6+. The minimum atomic E-state index is -4.66. The summed E-state index contributed by atoms with van der Waals surface area (Å²) < 4.78 is 39.2. The van der Waals surface area contributed by atoms with E-state index >= 15 is 0 Å². The average molecular weight is 433 g/mol. The summed E-state index contributed by atoms with van der Waals surface area (Å²) >= 11 is 5.58. The summed E-state index contributed by atoms with van der Waals surface area (Å²) in [5.74, 6) is -1.28. The molecule has 0 saturated heterocycles. The molecular weight excluding hydrogens is 413 g/mol. The first-order valence-corrected chi connectivity index (χ1v) is 8.99. The van der Waals surface area contributed by atoms with Crippen LogP contribution in [0.2, 0.25) is 5.15 Å². The fourth-order valence-corrected chi connectivity index (χ4v) is 2.86. The molecule has 3 N–H and O–H groups in total. The molecule has 0 aliphatic carbocycles. The van der Waals surface area contributed by atoms with Gasteiger partial charge < -0.3 is 15.1 Å². The van der Waals surface area contributed by atoms with E-state index in [-0.39, 0.29) is 22.9 Å². The van der Waals surface area contributed by atoms with Crippen molar-refractivity contribution in [3.05, 3.63) is 40.1 Å². The molecule has 0 radical (unpaired) electrons. The highest BCUT2D eigenvalue weighted by Crippen LogP contribution is 2.36. The highest BCUT2D eigenvalue weighted by atomic mass is 35.5. The van der Waals surface area contributed by atoms with Gasteiger partial charge in [-0.1, -0.05) is 11.6 Å². The number of halogens is 4. The molecule has 1 amide bonds.